The minimum absolute atomic E-state index is 0.552. The summed E-state index contributed by atoms with van der Waals surface area (Å²) in [6, 6.07) is 8.42. The number of aryl methyl sites for hydroxylation is 1. The van der Waals surface area contributed by atoms with Gasteiger partial charge in [-0.1, -0.05) is 44.5 Å². The maximum Gasteiger partial charge on any atom is 0.0899 e. The molecule has 0 spiro atoms. The van der Waals surface area contributed by atoms with E-state index in [2.05, 4.69) is 38.1 Å². The van der Waals surface area contributed by atoms with Crippen molar-refractivity contribution in [3.05, 3.63) is 35.4 Å². The van der Waals surface area contributed by atoms with Gasteiger partial charge in [0.1, 0.15) is 0 Å². The van der Waals surface area contributed by atoms with Crippen molar-refractivity contribution in [1.82, 2.24) is 0 Å². The van der Waals surface area contributed by atoms with Gasteiger partial charge in [-0.25, -0.2) is 0 Å². The van der Waals surface area contributed by atoms with Crippen LogP contribution in [0.4, 0.5) is 0 Å². The molecule has 0 aliphatic heterocycles. The van der Waals surface area contributed by atoms with Gasteiger partial charge in [0.15, 0.2) is 0 Å². The average Bonchev–Trinajstić information content (AvgIpc) is 2.29. The second-order valence-corrected chi connectivity index (χ2v) is 5.83. The first kappa shape index (κ1) is 12.6. The first-order valence-corrected chi connectivity index (χ1v) is 6.92. The molecule has 0 heterocycles. The quantitative estimate of drug-likeness (QED) is 0.830. The van der Waals surface area contributed by atoms with Crippen LogP contribution in [0.1, 0.15) is 57.1 Å². The zero-order valence-corrected chi connectivity index (χ0v) is 11.1. The molecule has 0 aromatic heterocycles. The fourth-order valence-electron chi connectivity index (χ4n) is 2.96. The van der Waals surface area contributed by atoms with Gasteiger partial charge in [0.05, 0.1) is 5.60 Å². The smallest absolute Gasteiger partial charge is 0.0899 e. The lowest BCUT2D eigenvalue weighted by Crippen LogP contribution is -2.30. The Hall–Kier alpha value is -0.820. The van der Waals surface area contributed by atoms with E-state index in [1.165, 1.54) is 17.5 Å². The second-order valence-electron chi connectivity index (χ2n) is 5.83. The van der Waals surface area contributed by atoms with Gasteiger partial charge in [0, 0.05) is 0 Å². The summed E-state index contributed by atoms with van der Waals surface area (Å²) in [6.45, 7) is 4.50. The van der Waals surface area contributed by atoms with Crippen molar-refractivity contribution in [1.29, 1.82) is 0 Å². The third kappa shape index (κ3) is 2.90. The van der Waals surface area contributed by atoms with E-state index in [1.807, 2.05) is 0 Å². The zero-order chi connectivity index (χ0) is 12.3. The van der Waals surface area contributed by atoms with Crippen LogP contribution in [0.25, 0.3) is 0 Å². The SMILES string of the molecule is CC(C)CCCC1(O)CCCc2ccccc21. The number of hydrogen-bond acceptors (Lipinski definition) is 1. The summed E-state index contributed by atoms with van der Waals surface area (Å²) in [6.07, 6.45) is 6.44. The predicted molar refractivity (Wildman–Crippen MR) is 72.0 cm³/mol. The Morgan fingerprint density at radius 2 is 2.06 bits per heavy atom. The third-order valence-electron chi connectivity index (χ3n) is 3.93. The highest BCUT2D eigenvalue weighted by Crippen LogP contribution is 2.39. The summed E-state index contributed by atoms with van der Waals surface area (Å²) < 4.78 is 0. The summed E-state index contributed by atoms with van der Waals surface area (Å²) in [5.74, 6) is 0.734. The fourth-order valence-corrected chi connectivity index (χ4v) is 2.96. The molecule has 1 unspecified atom stereocenters. The number of benzene rings is 1. The highest BCUT2D eigenvalue weighted by Gasteiger charge is 2.33. The number of hydrogen-bond donors (Lipinski definition) is 1. The Morgan fingerprint density at radius 1 is 1.29 bits per heavy atom. The highest BCUT2D eigenvalue weighted by atomic mass is 16.3. The van der Waals surface area contributed by atoms with Crippen LogP contribution >= 0.6 is 0 Å². The first-order chi connectivity index (χ1) is 8.12. The fraction of sp³-hybridized carbons (Fsp3) is 0.625. The normalized spacial score (nSPS) is 23.8. The van der Waals surface area contributed by atoms with Crippen LogP contribution in [0.15, 0.2) is 24.3 Å². The standard InChI is InChI=1S/C16H24O/c1-13(2)7-5-11-16(17)12-6-9-14-8-3-4-10-15(14)16/h3-4,8,10,13,17H,5-7,9,11-12H2,1-2H3. The van der Waals surface area contributed by atoms with Crippen molar-refractivity contribution in [2.75, 3.05) is 0 Å². The van der Waals surface area contributed by atoms with Gasteiger partial charge < -0.3 is 5.11 Å². The molecule has 0 radical (unpaired) electrons. The van der Waals surface area contributed by atoms with Gasteiger partial charge in [-0.3, -0.25) is 0 Å². The van der Waals surface area contributed by atoms with Crippen LogP contribution in [0.2, 0.25) is 0 Å². The van der Waals surface area contributed by atoms with E-state index < -0.39 is 5.60 Å². The van der Waals surface area contributed by atoms with E-state index in [9.17, 15) is 5.11 Å². The molecule has 0 fully saturated rings. The molecule has 1 aliphatic carbocycles. The van der Waals surface area contributed by atoms with Gasteiger partial charge in [-0.15, -0.1) is 0 Å². The van der Waals surface area contributed by atoms with Crippen LogP contribution in [-0.4, -0.2) is 5.11 Å². The molecule has 2 rings (SSSR count). The Kier molecular flexibility index (Phi) is 3.88. The van der Waals surface area contributed by atoms with Crippen molar-refractivity contribution in [2.45, 2.75) is 58.0 Å². The van der Waals surface area contributed by atoms with E-state index in [4.69, 9.17) is 0 Å². The molecule has 1 heteroatoms. The lowest BCUT2D eigenvalue weighted by molar-refractivity contribution is 0.00699. The van der Waals surface area contributed by atoms with E-state index in [0.717, 1.165) is 38.0 Å². The van der Waals surface area contributed by atoms with Crippen molar-refractivity contribution in [3.63, 3.8) is 0 Å². The van der Waals surface area contributed by atoms with E-state index in [-0.39, 0.29) is 0 Å². The van der Waals surface area contributed by atoms with Crippen LogP contribution in [-0.2, 0) is 12.0 Å². The molecule has 0 saturated carbocycles. The number of aliphatic hydroxyl groups is 1. The molecular formula is C16H24O. The molecule has 1 aromatic rings. The van der Waals surface area contributed by atoms with Gasteiger partial charge >= 0.3 is 0 Å². The summed E-state index contributed by atoms with van der Waals surface area (Å²) in [5, 5.41) is 10.8. The van der Waals surface area contributed by atoms with Crippen molar-refractivity contribution >= 4 is 0 Å². The van der Waals surface area contributed by atoms with Gasteiger partial charge in [0.25, 0.3) is 0 Å². The van der Waals surface area contributed by atoms with Crippen LogP contribution in [0.3, 0.4) is 0 Å². The Morgan fingerprint density at radius 3 is 2.82 bits per heavy atom. The molecule has 1 nitrogen and oxygen atoms in total. The minimum atomic E-state index is -0.552. The average molecular weight is 232 g/mol. The zero-order valence-electron chi connectivity index (χ0n) is 11.1. The van der Waals surface area contributed by atoms with E-state index in [1.54, 1.807) is 0 Å². The molecule has 1 atom stereocenters. The lowest BCUT2D eigenvalue weighted by Gasteiger charge is -2.35. The monoisotopic (exact) mass is 232 g/mol. The first-order valence-electron chi connectivity index (χ1n) is 6.92. The van der Waals surface area contributed by atoms with Gasteiger partial charge in [0.2, 0.25) is 0 Å². The Balaban J connectivity index is 2.10. The second kappa shape index (κ2) is 5.22. The molecule has 1 aliphatic rings. The van der Waals surface area contributed by atoms with Gasteiger partial charge in [-0.2, -0.15) is 0 Å². The molecular weight excluding hydrogens is 208 g/mol. The number of rotatable bonds is 4. The lowest BCUT2D eigenvalue weighted by atomic mass is 9.76. The predicted octanol–water partition coefficient (Wildman–Crippen LogP) is 4.04. The van der Waals surface area contributed by atoms with E-state index in [0.29, 0.717) is 0 Å². The number of fused-ring (bicyclic) bond motifs is 1. The van der Waals surface area contributed by atoms with E-state index >= 15 is 0 Å². The summed E-state index contributed by atoms with van der Waals surface area (Å²) in [4.78, 5) is 0. The maximum absolute atomic E-state index is 10.8. The highest BCUT2D eigenvalue weighted by molar-refractivity contribution is 5.34. The van der Waals surface area contributed by atoms with Gasteiger partial charge in [-0.05, 0) is 49.1 Å². The molecule has 1 aromatic carbocycles. The van der Waals surface area contributed by atoms with Crippen LogP contribution < -0.4 is 0 Å². The maximum atomic E-state index is 10.8. The molecule has 0 amide bonds. The Bertz CT molecular complexity index is 370. The molecule has 17 heavy (non-hydrogen) atoms. The minimum Gasteiger partial charge on any atom is -0.385 e. The van der Waals surface area contributed by atoms with Crippen molar-refractivity contribution < 1.29 is 5.11 Å². The topological polar surface area (TPSA) is 20.2 Å². The van der Waals surface area contributed by atoms with Crippen molar-refractivity contribution in [2.24, 2.45) is 5.92 Å². The summed E-state index contributed by atoms with van der Waals surface area (Å²) in [5.41, 5.74) is 1.99. The van der Waals surface area contributed by atoms with Crippen LogP contribution in [0.5, 0.6) is 0 Å². The summed E-state index contributed by atoms with van der Waals surface area (Å²) in [7, 11) is 0. The largest absolute Gasteiger partial charge is 0.385 e. The summed E-state index contributed by atoms with van der Waals surface area (Å²) >= 11 is 0. The molecule has 94 valence electrons. The molecule has 0 bridgehead atoms. The molecule has 1 N–H and O–H groups in total. The van der Waals surface area contributed by atoms with Crippen molar-refractivity contribution in [3.8, 4) is 0 Å². The Labute approximate surface area is 105 Å². The molecule has 0 saturated heterocycles. The van der Waals surface area contributed by atoms with Crippen LogP contribution in [0, 0.1) is 5.92 Å². The third-order valence-corrected chi connectivity index (χ3v) is 3.93.